The summed E-state index contributed by atoms with van der Waals surface area (Å²) >= 11 is 0. The van der Waals surface area contributed by atoms with Crippen molar-refractivity contribution in [1.29, 1.82) is 0 Å². The van der Waals surface area contributed by atoms with Crippen LogP contribution in [-0.2, 0) is 6.42 Å². The lowest BCUT2D eigenvalue weighted by molar-refractivity contribution is 0.0698. The van der Waals surface area contributed by atoms with Crippen LogP contribution in [0.5, 0.6) is 5.75 Å². The van der Waals surface area contributed by atoms with Crippen molar-refractivity contribution in [2.45, 2.75) is 26.2 Å². The molecule has 2 heterocycles. The molecule has 124 valence electrons. The molecule has 0 saturated heterocycles. The third-order valence-corrected chi connectivity index (χ3v) is 3.89. The Balaban J connectivity index is 2.06. The minimum absolute atomic E-state index is 0.0997. The molecule has 1 N–H and O–H groups in total. The molecule has 0 spiro atoms. The van der Waals surface area contributed by atoms with Gasteiger partial charge in [0.2, 0.25) is 0 Å². The zero-order valence-electron chi connectivity index (χ0n) is 13.7. The third kappa shape index (κ3) is 2.95. The first-order chi connectivity index (χ1) is 11.5. The number of nitrogens with zero attached hydrogens (tertiary/aromatic N) is 2. The van der Waals surface area contributed by atoms with E-state index in [2.05, 4.69) is 10.1 Å². The standard InChI is InChI=1S/C18H18N2O4/c1-10(2)14-9-13(18(21)22)16-15(20-24-17(16)19-14)8-11-4-6-12(23-3)7-5-11/h4-7,9-10H,8H2,1-3H3,(H,21,22). The van der Waals surface area contributed by atoms with Crippen molar-refractivity contribution in [3.05, 3.63) is 52.8 Å². The van der Waals surface area contributed by atoms with E-state index in [0.29, 0.717) is 23.2 Å². The second kappa shape index (κ2) is 6.31. The number of methoxy groups -OCH3 is 1. The van der Waals surface area contributed by atoms with Crippen molar-refractivity contribution in [3.8, 4) is 5.75 Å². The maximum atomic E-state index is 11.7. The summed E-state index contributed by atoms with van der Waals surface area (Å²) in [5.41, 5.74) is 2.66. The average molecular weight is 326 g/mol. The Labute approximate surface area is 139 Å². The molecule has 6 heteroatoms. The third-order valence-electron chi connectivity index (χ3n) is 3.89. The van der Waals surface area contributed by atoms with Crippen LogP contribution in [0, 0.1) is 0 Å². The summed E-state index contributed by atoms with van der Waals surface area (Å²) in [6.45, 7) is 3.91. The number of pyridine rings is 1. The maximum absolute atomic E-state index is 11.7. The smallest absolute Gasteiger partial charge is 0.336 e. The van der Waals surface area contributed by atoms with E-state index in [0.717, 1.165) is 11.3 Å². The normalized spacial score (nSPS) is 11.2. The first-order valence-corrected chi connectivity index (χ1v) is 7.65. The van der Waals surface area contributed by atoms with Gasteiger partial charge in [0.1, 0.15) is 5.75 Å². The van der Waals surface area contributed by atoms with E-state index in [1.54, 1.807) is 13.2 Å². The van der Waals surface area contributed by atoms with Gasteiger partial charge in [0.05, 0.1) is 23.8 Å². The molecule has 3 rings (SSSR count). The number of benzene rings is 1. The van der Waals surface area contributed by atoms with Gasteiger partial charge in [-0.3, -0.25) is 0 Å². The van der Waals surface area contributed by atoms with E-state index in [1.165, 1.54) is 0 Å². The van der Waals surface area contributed by atoms with Crippen LogP contribution in [-0.4, -0.2) is 28.3 Å². The second-order valence-electron chi connectivity index (χ2n) is 5.89. The Kier molecular flexibility index (Phi) is 4.20. The van der Waals surface area contributed by atoms with Crippen LogP contribution in [0.15, 0.2) is 34.9 Å². The van der Waals surface area contributed by atoms with Gasteiger partial charge in [0.15, 0.2) is 0 Å². The number of rotatable bonds is 5. The highest BCUT2D eigenvalue weighted by Gasteiger charge is 2.21. The molecule has 0 fully saturated rings. The molecule has 0 unspecified atom stereocenters. The Morgan fingerprint density at radius 1 is 1.29 bits per heavy atom. The molecular formula is C18H18N2O4. The average Bonchev–Trinajstić information content (AvgIpc) is 2.97. The van der Waals surface area contributed by atoms with Gasteiger partial charge >= 0.3 is 5.97 Å². The van der Waals surface area contributed by atoms with Gasteiger partial charge in [0, 0.05) is 12.1 Å². The lowest BCUT2D eigenvalue weighted by atomic mass is 10.0. The van der Waals surface area contributed by atoms with Crippen LogP contribution in [0.4, 0.5) is 0 Å². The van der Waals surface area contributed by atoms with E-state index in [9.17, 15) is 9.90 Å². The van der Waals surface area contributed by atoms with E-state index in [1.807, 2.05) is 38.1 Å². The largest absolute Gasteiger partial charge is 0.497 e. The van der Waals surface area contributed by atoms with Crippen molar-refractivity contribution in [1.82, 2.24) is 10.1 Å². The van der Waals surface area contributed by atoms with Crippen LogP contribution >= 0.6 is 0 Å². The van der Waals surface area contributed by atoms with E-state index in [-0.39, 0.29) is 17.2 Å². The van der Waals surface area contributed by atoms with Gasteiger partial charge < -0.3 is 14.4 Å². The van der Waals surface area contributed by atoms with Crippen LogP contribution < -0.4 is 4.74 Å². The van der Waals surface area contributed by atoms with Crippen molar-refractivity contribution >= 4 is 17.1 Å². The summed E-state index contributed by atoms with van der Waals surface area (Å²) in [4.78, 5) is 16.1. The first kappa shape index (κ1) is 16.0. The zero-order valence-corrected chi connectivity index (χ0v) is 13.7. The molecule has 0 aliphatic heterocycles. The van der Waals surface area contributed by atoms with Crippen LogP contribution in [0.25, 0.3) is 11.1 Å². The number of ether oxygens (including phenoxy) is 1. The van der Waals surface area contributed by atoms with Gasteiger partial charge in [0.25, 0.3) is 5.71 Å². The minimum Gasteiger partial charge on any atom is -0.497 e. The fourth-order valence-electron chi connectivity index (χ4n) is 2.55. The quantitative estimate of drug-likeness (QED) is 0.770. The van der Waals surface area contributed by atoms with Crippen LogP contribution in [0.1, 0.15) is 47.1 Å². The molecule has 6 nitrogen and oxygen atoms in total. The molecule has 0 saturated carbocycles. The molecule has 1 aromatic carbocycles. The van der Waals surface area contributed by atoms with Gasteiger partial charge in [-0.05, 0) is 29.7 Å². The number of carbonyl (C=O) groups is 1. The van der Waals surface area contributed by atoms with Crippen molar-refractivity contribution in [3.63, 3.8) is 0 Å². The number of hydrogen-bond acceptors (Lipinski definition) is 5. The molecule has 24 heavy (non-hydrogen) atoms. The zero-order chi connectivity index (χ0) is 17.3. The summed E-state index contributed by atoms with van der Waals surface area (Å²) in [5.74, 6) is -0.149. The minimum atomic E-state index is -1.01. The topological polar surface area (TPSA) is 85.5 Å². The molecule has 0 atom stereocenters. The van der Waals surface area contributed by atoms with Crippen molar-refractivity contribution < 1.29 is 19.2 Å². The molecule has 2 aromatic heterocycles. The van der Waals surface area contributed by atoms with Gasteiger partial charge in [-0.1, -0.05) is 31.1 Å². The molecule has 0 aliphatic carbocycles. The van der Waals surface area contributed by atoms with Gasteiger partial charge in [-0.25, -0.2) is 9.78 Å². The summed E-state index contributed by atoms with van der Waals surface area (Å²) in [6, 6.07) is 9.13. The second-order valence-corrected chi connectivity index (χ2v) is 5.89. The molecule has 0 bridgehead atoms. The Bertz CT molecular complexity index is 882. The van der Waals surface area contributed by atoms with Gasteiger partial charge in [-0.15, -0.1) is 0 Å². The highest BCUT2D eigenvalue weighted by Crippen LogP contribution is 2.27. The Morgan fingerprint density at radius 2 is 2.00 bits per heavy atom. The molecule has 3 aromatic rings. The highest BCUT2D eigenvalue weighted by atomic mass is 16.5. The number of fused-ring (bicyclic) bond motifs is 1. The lowest BCUT2D eigenvalue weighted by Crippen LogP contribution is -2.03. The van der Waals surface area contributed by atoms with Crippen molar-refractivity contribution in [2.24, 2.45) is 0 Å². The molecule has 0 radical (unpaired) electrons. The Hall–Kier alpha value is -2.89. The Morgan fingerprint density at radius 3 is 2.58 bits per heavy atom. The molecular weight excluding hydrogens is 308 g/mol. The van der Waals surface area contributed by atoms with Gasteiger partial charge in [-0.2, -0.15) is 0 Å². The molecule has 0 aliphatic rings. The van der Waals surface area contributed by atoms with E-state index >= 15 is 0 Å². The molecule has 0 amide bonds. The predicted molar refractivity (Wildman–Crippen MR) is 88.7 cm³/mol. The number of carboxylic acids is 1. The highest BCUT2D eigenvalue weighted by molar-refractivity contribution is 6.02. The lowest BCUT2D eigenvalue weighted by Gasteiger charge is -2.06. The SMILES string of the molecule is COc1ccc(Cc2noc3nc(C(C)C)cc(C(=O)O)c23)cc1. The number of aromatic nitrogens is 2. The van der Waals surface area contributed by atoms with Crippen molar-refractivity contribution in [2.75, 3.05) is 7.11 Å². The number of carboxylic acid groups (broad SMARTS) is 1. The van der Waals surface area contributed by atoms with Crippen LogP contribution in [0.2, 0.25) is 0 Å². The first-order valence-electron chi connectivity index (χ1n) is 7.65. The van der Waals surface area contributed by atoms with E-state index < -0.39 is 5.97 Å². The summed E-state index contributed by atoms with van der Waals surface area (Å²) < 4.78 is 10.4. The fourth-order valence-corrected chi connectivity index (χ4v) is 2.55. The predicted octanol–water partition coefficient (Wildman–Crippen LogP) is 3.64. The van der Waals surface area contributed by atoms with E-state index in [4.69, 9.17) is 9.26 Å². The summed E-state index contributed by atoms with van der Waals surface area (Å²) in [7, 11) is 1.61. The summed E-state index contributed by atoms with van der Waals surface area (Å²) in [6.07, 6.45) is 0.458. The monoisotopic (exact) mass is 326 g/mol. The fraction of sp³-hybridized carbons (Fsp3) is 0.278. The van der Waals surface area contributed by atoms with Crippen LogP contribution in [0.3, 0.4) is 0 Å². The number of hydrogen-bond donors (Lipinski definition) is 1. The maximum Gasteiger partial charge on any atom is 0.336 e. The number of aromatic carboxylic acids is 1. The summed E-state index contributed by atoms with van der Waals surface area (Å²) in [5, 5.41) is 14.1.